The summed E-state index contributed by atoms with van der Waals surface area (Å²) in [5.74, 6) is -0.486. The van der Waals surface area contributed by atoms with Gasteiger partial charge in [0.2, 0.25) is 5.91 Å². The second kappa shape index (κ2) is 9.23. The normalized spacial score (nSPS) is 14.7. The molecule has 10 heteroatoms. The molecule has 0 spiro atoms. The van der Waals surface area contributed by atoms with Gasteiger partial charge >= 0.3 is 6.03 Å². The molecule has 0 bridgehead atoms. The molecular weight excluding hydrogens is 442 g/mol. The summed E-state index contributed by atoms with van der Waals surface area (Å²) in [6.07, 6.45) is -2.66. The Bertz CT molecular complexity index is 1100. The minimum absolute atomic E-state index is 0.00123. The van der Waals surface area contributed by atoms with E-state index in [4.69, 9.17) is 4.74 Å². The van der Waals surface area contributed by atoms with Crippen molar-refractivity contribution in [3.8, 4) is 5.75 Å². The predicted molar refractivity (Wildman–Crippen MR) is 113 cm³/mol. The van der Waals surface area contributed by atoms with Crippen molar-refractivity contribution in [3.05, 3.63) is 59.7 Å². The average molecular weight is 467 g/mol. The van der Waals surface area contributed by atoms with Crippen LogP contribution in [0.5, 0.6) is 5.75 Å². The van der Waals surface area contributed by atoms with Crippen LogP contribution in [0.1, 0.15) is 25.0 Å². The van der Waals surface area contributed by atoms with Crippen molar-refractivity contribution >= 4 is 21.8 Å². The van der Waals surface area contributed by atoms with Crippen LogP contribution >= 0.6 is 0 Å². The van der Waals surface area contributed by atoms with Crippen molar-refractivity contribution < 1.29 is 31.5 Å². The number of nitrogens with zero attached hydrogens (tertiary/aromatic N) is 1. The first-order valence-corrected chi connectivity index (χ1v) is 11.5. The highest BCUT2D eigenvalue weighted by atomic mass is 32.2. The van der Waals surface area contributed by atoms with Gasteiger partial charge in [0.25, 0.3) is 6.43 Å². The Morgan fingerprint density at radius 2 is 1.81 bits per heavy atom. The topological polar surface area (TPSA) is 92.8 Å². The molecule has 32 heavy (non-hydrogen) atoms. The molecule has 172 valence electrons. The number of hydrogen-bond acceptors (Lipinski definition) is 5. The van der Waals surface area contributed by atoms with Gasteiger partial charge in [-0.1, -0.05) is 44.2 Å². The largest absolute Gasteiger partial charge is 0.488 e. The van der Waals surface area contributed by atoms with E-state index in [2.05, 4.69) is 5.32 Å². The van der Waals surface area contributed by atoms with E-state index in [-0.39, 0.29) is 35.4 Å². The van der Waals surface area contributed by atoms with Gasteiger partial charge in [0.05, 0.1) is 10.6 Å². The van der Waals surface area contributed by atoms with E-state index in [1.807, 2.05) is 0 Å². The third kappa shape index (κ3) is 5.82. The maximum absolute atomic E-state index is 13.0. The number of halogens is 2. The Morgan fingerprint density at radius 1 is 1.12 bits per heavy atom. The summed E-state index contributed by atoms with van der Waals surface area (Å²) in [6.45, 7) is 3.05. The minimum Gasteiger partial charge on any atom is -0.488 e. The summed E-state index contributed by atoms with van der Waals surface area (Å²) in [5.41, 5.74) is 0.830. The fraction of sp³-hybridized carbons (Fsp3) is 0.364. The summed E-state index contributed by atoms with van der Waals surface area (Å²) in [6, 6.07) is 12.3. The Balaban J connectivity index is 1.71. The number of ether oxygens (including phenoxy) is 1. The first-order valence-electron chi connectivity index (χ1n) is 9.88. The van der Waals surface area contributed by atoms with Crippen LogP contribution in [0, 0.1) is 0 Å². The molecule has 3 rings (SSSR count). The van der Waals surface area contributed by atoms with E-state index in [0.717, 1.165) is 11.1 Å². The first-order chi connectivity index (χ1) is 15.0. The van der Waals surface area contributed by atoms with Crippen LogP contribution in [-0.2, 0) is 26.6 Å². The SMILES string of the molecule is CC(C)(CS(=O)(=O)c1cccc(OCC(F)F)c1)c1ccc(CN2CC(=O)NC2=O)cc1. The molecule has 0 aliphatic carbocycles. The predicted octanol–water partition coefficient (Wildman–Crippen LogP) is 3.13. The Labute approximate surface area is 185 Å². The zero-order valence-corrected chi connectivity index (χ0v) is 18.5. The van der Waals surface area contributed by atoms with E-state index >= 15 is 0 Å². The van der Waals surface area contributed by atoms with Gasteiger partial charge in [-0.15, -0.1) is 0 Å². The van der Waals surface area contributed by atoms with Gasteiger partial charge in [-0.3, -0.25) is 10.1 Å². The number of rotatable bonds is 9. The molecule has 0 unspecified atom stereocenters. The van der Waals surface area contributed by atoms with E-state index in [9.17, 15) is 26.8 Å². The summed E-state index contributed by atoms with van der Waals surface area (Å²) >= 11 is 0. The van der Waals surface area contributed by atoms with Crippen molar-refractivity contribution in [1.29, 1.82) is 0 Å². The summed E-state index contributed by atoms with van der Waals surface area (Å²) < 4.78 is 55.6. The minimum atomic E-state index is -3.74. The standard InChI is InChI=1S/C22H24F2N2O5S/c1-22(2,14-32(29,30)18-5-3-4-17(10-18)31-13-19(23)24)16-8-6-15(7-9-16)11-26-12-20(27)25-21(26)28/h3-10,19H,11-14H2,1-2H3,(H,25,27,28). The molecule has 3 amide bonds. The highest BCUT2D eigenvalue weighted by Gasteiger charge is 2.30. The van der Waals surface area contributed by atoms with Gasteiger partial charge in [-0.25, -0.2) is 22.0 Å². The van der Waals surface area contributed by atoms with E-state index in [1.54, 1.807) is 38.1 Å². The van der Waals surface area contributed by atoms with Crippen molar-refractivity contribution in [2.45, 2.75) is 37.1 Å². The van der Waals surface area contributed by atoms with Crippen molar-refractivity contribution in [1.82, 2.24) is 10.2 Å². The molecule has 0 saturated carbocycles. The molecule has 1 heterocycles. The fourth-order valence-electron chi connectivity index (χ4n) is 3.45. The molecule has 1 saturated heterocycles. The number of urea groups is 1. The first kappa shape index (κ1) is 23.6. The molecule has 7 nitrogen and oxygen atoms in total. The maximum Gasteiger partial charge on any atom is 0.324 e. The zero-order valence-electron chi connectivity index (χ0n) is 17.7. The van der Waals surface area contributed by atoms with Crippen LogP contribution in [0.2, 0.25) is 0 Å². The van der Waals surface area contributed by atoms with Gasteiger partial charge in [-0.05, 0) is 29.3 Å². The molecule has 1 aliphatic heterocycles. The number of imide groups is 1. The Hall–Kier alpha value is -3.01. The van der Waals surface area contributed by atoms with Gasteiger partial charge < -0.3 is 9.64 Å². The maximum atomic E-state index is 13.0. The van der Waals surface area contributed by atoms with Crippen LogP contribution in [0.3, 0.4) is 0 Å². The highest BCUT2D eigenvalue weighted by Crippen LogP contribution is 2.29. The van der Waals surface area contributed by atoms with Gasteiger partial charge in [-0.2, -0.15) is 0 Å². The number of alkyl halides is 2. The molecule has 2 aromatic carbocycles. The summed E-state index contributed by atoms with van der Waals surface area (Å²) in [5, 5.41) is 2.22. The van der Waals surface area contributed by atoms with Gasteiger partial charge in [0, 0.05) is 12.0 Å². The molecule has 1 aliphatic rings. The number of sulfone groups is 1. The number of carbonyl (C=O) groups excluding carboxylic acids is 2. The van der Waals surface area contributed by atoms with Crippen molar-refractivity contribution in [2.75, 3.05) is 18.9 Å². The van der Waals surface area contributed by atoms with Crippen molar-refractivity contribution in [2.24, 2.45) is 0 Å². The lowest BCUT2D eigenvalue weighted by atomic mass is 9.86. The number of benzene rings is 2. The lowest BCUT2D eigenvalue weighted by Crippen LogP contribution is -2.29. The monoisotopic (exact) mass is 466 g/mol. The summed E-state index contributed by atoms with van der Waals surface area (Å²) in [7, 11) is -3.74. The Morgan fingerprint density at radius 3 is 2.41 bits per heavy atom. The molecule has 2 aromatic rings. The Kier molecular flexibility index (Phi) is 6.82. The molecule has 0 radical (unpaired) electrons. The zero-order chi connectivity index (χ0) is 23.5. The molecule has 0 atom stereocenters. The number of amides is 3. The van der Waals surface area contributed by atoms with Crippen LogP contribution in [0.25, 0.3) is 0 Å². The van der Waals surface area contributed by atoms with Gasteiger partial charge in [0.1, 0.15) is 18.9 Å². The fourth-order valence-corrected chi connectivity index (χ4v) is 5.32. The van der Waals surface area contributed by atoms with E-state index < -0.39 is 34.3 Å². The lowest BCUT2D eigenvalue weighted by Gasteiger charge is -2.25. The van der Waals surface area contributed by atoms with E-state index in [1.165, 1.54) is 29.2 Å². The van der Waals surface area contributed by atoms with Crippen LogP contribution in [-0.4, -0.2) is 50.6 Å². The summed E-state index contributed by atoms with van der Waals surface area (Å²) in [4.78, 5) is 24.4. The number of carbonyl (C=O) groups is 2. The second-order valence-corrected chi connectivity index (χ2v) is 10.2. The third-order valence-corrected chi connectivity index (χ3v) is 7.14. The van der Waals surface area contributed by atoms with Crippen molar-refractivity contribution in [3.63, 3.8) is 0 Å². The smallest absolute Gasteiger partial charge is 0.324 e. The second-order valence-electron chi connectivity index (χ2n) is 8.23. The van der Waals surface area contributed by atoms with Crippen LogP contribution < -0.4 is 10.1 Å². The lowest BCUT2D eigenvalue weighted by molar-refractivity contribution is -0.118. The molecule has 0 aromatic heterocycles. The molecule has 1 N–H and O–H groups in total. The van der Waals surface area contributed by atoms with Gasteiger partial charge in [0.15, 0.2) is 9.84 Å². The molecular formula is C22H24F2N2O5S. The van der Waals surface area contributed by atoms with Crippen LogP contribution in [0.4, 0.5) is 13.6 Å². The van der Waals surface area contributed by atoms with Crippen LogP contribution in [0.15, 0.2) is 53.4 Å². The third-order valence-electron chi connectivity index (χ3n) is 5.07. The number of hydrogen-bond donors (Lipinski definition) is 1. The highest BCUT2D eigenvalue weighted by molar-refractivity contribution is 7.91. The molecule has 1 fully saturated rings. The number of nitrogens with one attached hydrogen (secondary N) is 1. The average Bonchev–Trinajstić information content (AvgIpc) is 3.03. The quantitative estimate of drug-likeness (QED) is 0.574. The van der Waals surface area contributed by atoms with E-state index in [0.29, 0.717) is 0 Å².